The lowest BCUT2D eigenvalue weighted by atomic mass is 9.81. The van der Waals surface area contributed by atoms with Crippen molar-refractivity contribution in [2.45, 2.75) is 39.0 Å². The molecule has 0 aliphatic heterocycles. The first kappa shape index (κ1) is 12.8. The van der Waals surface area contributed by atoms with Crippen molar-refractivity contribution in [1.29, 1.82) is 5.26 Å². The minimum atomic E-state index is 0.363. The van der Waals surface area contributed by atoms with Gasteiger partial charge in [0.15, 0.2) is 5.69 Å². The molecule has 4 nitrogen and oxygen atoms in total. The minimum absolute atomic E-state index is 0.363. The SMILES string of the molecule is CC1CCCC(CCNc2cnc(C#N)cn2)C1. The Labute approximate surface area is 108 Å². The van der Waals surface area contributed by atoms with Crippen molar-refractivity contribution in [1.82, 2.24) is 9.97 Å². The van der Waals surface area contributed by atoms with E-state index in [0.717, 1.165) is 24.2 Å². The van der Waals surface area contributed by atoms with E-state index < -0.39 is 0 Å². The average molecular weight is 244 g/mol. The third-order valence-electron chi connectivity index (χ3n) is 3.67. The Balaban J connectivity index is 1.72. The molecule has 0 amide bonds. The van der Waals surface area contributed by atoms with Crippen LogP contribution in [0.15, 0.2) is 12.4 Å². The molecule has 2 unspecified atom stereocenters. The van der Waals surface area contributed by atoms with Gasteiger partial charge in [-0.15, -0.1) is 0 Å². The fourth-order valence-corrected chi connectivity index (χ4v) is 2.70. The van der Waals surface area contributed by atoms with E-state index in [2.05, 4.69) is 22.2 Å². The van der Waals surface area contributed by atoms with Crippen LogP contribution in [0.4, 0.5) is 5.82 Å². The first-order valence-corrected chi connectivity index (χ1v) is 6.74. The van der Waals surface area contributed by atoms with Gasteiger partial charge in [0.1, 0.15) is 11.9 Å². The van der Waals surface area contributed by atoms with Crippen LogP contribution in [0, 0.1) is 23.2 Å². The fourth-order valence-electron chi connectivity index (χ4n) is 2.70. The summed E-state index contributed by atoms with van der Waals surface area (Å²) < 4.78 is 0. The van der Waals surface area contributed by atoms with Crippen molar-refractivity contribution in [3.8, 4) is 6.07 Å². The molecule has 1 heterocycles. The van der Waals surface area contributed by atoms with Gasteiger partial charge in [-0.25, -0.2) is 9.97 Å². The fraction of sp³-hybridized carbons (Fsp3) is 0.643. The van der Waals surface area contributed by atoms with Gasteiger partial charge >= 0.3 is 0 Å². The third kappa shape index (κ3) is 3.69. The van der Waals surface area contributed by atoms with Crippen LogP contribution in [0.25, 0.3) is 0 Å². The molecule has 0 spiro atoms. The number of nitrogens with one attached hydrogen (secondary N) is 1. The minimum Gasteiger partial charge on any atom is -0.369 e. The second-order valence-corrected chi connectivity index (χ2v) is 5.25. The molecule has 2 atom stereocenters. The van der Waals surface area contributed by atoms with Gasteiger partial charge in [-0.2, -0.15) is 5.26 Å². The van der Waals surface area contributed by atoms with Gasteiger partial charge in [0.25, 0.3) is 0 Å². The van der Waals surface area contributed by atoms with E-state index >= 15 is 0 Å². The highest BCUT2D eigenvalue weighted by Crippen LogP contribution is 2.30. The van der Waals surface area contributed by atoms with E-state index in [9.17, 15) is 0 Å². The number of nitriles is 1. The summed E-state index contributed by atoms with van der Waals surface area (Å²) in [6, 6.07) is 1.97. The van der Waals surface area contributed by atoms with Crippen LogP contribution in [0.5, 0.6) is 0 Å². The molecule has 1 N–H and O–H groups in total. The average Bonchev–Trinajstić information content (AvgIpc) is 2.40. The van der Waals surface area contributed by atoms with Crippen LogP contribution < -0.4 is 5.32 Å². The number of aromatic nitrogens is 2. The van der Waals surface area contributed by atoms with Crippen LogP contribution in [-0.4, -0.2) is 16.5 Å². The van der Waals surface area contributed by atoms with Crippen LogP contribution in [0.3, 0.4) is 0 Å². The first-order chi connectivity index (χ1) is 8.78. The van der Waals surface area contributed by atoms with E-state index in [0.29, 0.717) is 5.69 Å². The molecule has 1 aromatic heterocycles. The molecular weight excluding hydrogens is 224 g/mol. The zero-order chi connectivity index (χ0) is 12.8. The molecule has 1 saturated carbocycles. The van der Waals surface area contributed by atoms with Gasteiger partial charge in [0.05, 0.1) is 12.4 Å². The van der Waals surface area contributed by atoms with Crippen LogP contribution in [0.1, 0.15) is 44.7 Å². The summed E-state index contributed by atoms with van der Waals surface area (Å²) in [5, 5.41) is 11.9. The smallest absolute Gasteiger partial charge is 0.158 e. The highest BCUT2D eigenvalue weighted by Gasteiger charge is 2.18. The lowest BCUT2D eigenvalue weighted by Gasteiger charge is -2.26. The number of nitrogens with zero attached hydrogens (tertiary/aromatic N) is 3. The van der Waals surface area contributed by atoms with Crippen LogP contribution in [-0.2, 0) is 0 Å². The van der Waals surface area contributed by atoms with Crippen LogP contribution >= 0.6 is 0 Å². The van der Waals surface area contributed by atoms with Gasteiger partial charge < -0.3 is 5.32 Å². The Hall–Kier alpha value is -1.63. The van der Waals surface area contributed by atoms with Crippen molar-refractivity contribution < 1.29 is 0 Å². The number of hydrogen-bond donors (Lipinski definition) is 1. The van der Waals surface area contributed by atoms with E-state index in [-0.39, 0.29) is 0 Å². The molecule has 1 aromatic rings. The normalized spacial score (nSPS) is 23.3. The Morgan fingerprint density at radius 3 is 2.94 bits per heavy atom. The van der Waals surface area contributed by atoms with Gasteiger partial charge in [0, 0.05) is 6.54 Å². The molecule has 0 saturated heterocycles. The lowest BCUT2D eigenvalue weighted by molar-refractivity contribution is 0.274. The standard InChI is InChI=1S/C14H20N4/c1-11-3-2-4-12(7-11)5-6-16-14-10-17-13(8-15)9-18-14/h9-12H,2-7H2,1H3,(H,16,18). The Morgan fingerprint density at radius 2 is 2.28 bits per heavy atom. The van der Waals surface area contributed by atoms with Gasteiger partial charge in [0.2, 0.25) is 0 Å². The molecule has 1 aliphatic carbocycles. The number of hydrogen-bond acceptors (Lipinski definition) is 4. The maximum Gasteiger partial charge on any atom is 0.158 e. The van der Waals surface area contributed by atoms with Crippen molar-refractivity contribution in [2.24, 2.45) is 11.8 Å². The Bertz CT molecular complexity index is 407. The Kier molecular flexibility index (Phi) is 4.52. The first-order valence-electron chi connectivity index (χ1n) is 6.74. The number of rotatable bonds is 4. The molecule has 2 rings (SSSR count). The van der Waals surface area contributed by atoms with E-state index in [1.54, 1.807) is 6.20 Å². The second kappa shape index (κ2) is 6.34. The van der Waals surface area contributed by atoms with Crippen LogP contribution in [0.2, 0.25) is 0 Å². The second-order valence-electron chi connectivity index (χ2n) is 5.25. The van der Waals surface area contributed by atoms with Crippen molar-refractivity contribution in [3.05, 3.63) is 18.1 Å². The molecule has 1 aliphatic rings. The molecule has 0 radical (unpaired) electrons. The topological polar surface area (TPSA) is 61.6 Å². The lowest BCUT2D eigenvalue weighted by Crippen LogP contribution is -2.16. The summed E-state index contributed by atoms with van der Waals surface area (Å²) >= 11 is 0. The molecular formula is C14H20N4. The third-order valence-corrected chi connectivity index (χ3v) is 3.67. The molecule has 0 aromatic carbocycles. The van der Waals surface area contributed by atoms with Gasteiger partial charge in [-0.05, 0) is 24.7 Å². The predicted octanol–water partition coefficient (Wildman–Crippen LogP) is 2.98. The summed E-state index contributed by atoms with van der Waals surface area (Å²) in [5.74, 6) is 2.50. The maximum absolute atomic E-state index is 8.63. The molecule has 4 heteroatoms. The molecule has 96 valence electrons. The summed E-state index contributed by atoms with van der Waals surface area (Å²) in [4.78, 5) is 8.14. The van der Waals surface area contributed by atoms with Crippen molar-refractivity contribution >= 4 is 5.82 Å². The summed E-state index contributed by atoms with van der Waals surface area (Å²) in [5.41, 5.74) is 0.363. The zero-order valence-electron chi connectivity index (χ0n) is 10.9. The molecule has 1 fully saturated rings. The predicted molar refractivity (Wildman–Crippen MR) is 71.0 cm³/mol. The maximum atomic E-state index is 8.63. The summed E-state index contributed by atoms with van der Waals surface area (Å²) in [6.45, 7) is 3.30. The quantitative estimate of drug-likeness (QED) is 0.884. The van der Waals surface area contributed by atoms with Gasteiger partial charge in [-0.1, -0.05) is 26.2 Å². The van der Waals surface area contributed by atoms with Gasteiger partial charge in [-0.3, -0.25) is 0 Å². The molecule has 0 bridgehead atoms. The summed E-state index contributed by atoms with van der Waals surface area (Å²) in [6.07, 6.45) is 9.83. The van der Waals surface area contributed by atoms with Crippen molar-refractivity contribution in [2.75, 3.05) is 11.9 Å². The number of anilines is 1. The summed E-state index contributed by atoms with van der Waals surface area (Å²) in [7, 11) is 0. The van der Waals surface area contributed by atoms with Crippen molar-refractivity contribution in [3.63, 3.8) is 0 Å². The highest BCUT2D eigenvalue weighted by molar-refractivity contribution is 5.32. The Morgan fingerprint density at radius 1 is 1.39 bits per heavy atom. The largest absolute Gasteiger partial charge is 0.369 e. The van der Waals surface area contributed by atoms with E-state index in [1.807, 2.05) is 6.07 Å². The van der Waals surface area contributed by atoms with E-state index in [4.69, 9.17) is 5.26 Å². The molecule has 18 heavy (non-hydrogen) atoms. The monoisotopic (exact) mass is 244 g/mol. The highest BCUT2D eigenvalue weighted by atomic mass is 15.0. The van der Waals surface area contributed by atoms with E-state index in [1.165, 1.54) is 38.3 Å². The zero-order valence-corrected chi connectivity index (χ0v) is 10.9.